The molecule has 118 valence electrons. The lowest BCUT2D eigenvalue weighted by molar-refractivity contribution is -0.145. The van der Waals surface area contributed by atoms with Gasteiger partial charge >= 0.3 is 0 Å². The van der Waals surface area contributed by atoms with Gasteiger partial charge in [0.25, 0.3) is 0 Å². The van der Waals surface area contributed by atoms with Gasteiger partial charge in [0.15, 0.2) is 5.79 Å². The van der Waals surface area contributed by atoms with Crippen molar-refractivity contribution in [1.82, 2.24) is 4.72 Å². The van der Waals surface area contributed by atoms with Crippen LogP contribution in [0.15, 0.2) is 23.1 Å². The van der Waals surface area contributed by atoms with E-state index in [1.54, 1.807) is 13.0 Å². The molecule has 1 fully saturated rings. The van der Waals surface area contributed by atoms with Gasteiger partial charge in [-0.05, 0) is 25.1 Å². The predicted octanol–water partition coefficient (Wildman–Crippen LogP) is 1.78. The number of hydrogen-bond donors (Lipinski definition) is 1. The van der Waals surface area contributed by atoms with Crippen molar-refractivity contribution < 1.29 is 22.6 Å². The van der Waals surface area contributed by atoms with Crippen LogP contribution in [-0.2, 0) is 19.5 Å². The lowest BCUT2D eigenvalue weighted by atomic mass is 10.2. The highest BCUT2D eigenvalue weighted by Crippen LogP contribution is 2.27. The summed E-state index contributed by atoms with van der Waals surface area (Å²) in [4.78, 5) is 0.0101. The van der Waals surface area contributed by atoms with Gasteiger partial charge in [-0.1, -0.05) is 11.6 Å². The summed E-state index contributed by atoms with van der Waals surface area (Å²) in [5.41, 5.74) is 0. The van der Waals surface area contributed by atoms with Crippen LogP contribution < -0.4 is 9.46 Å². The molecule has 8 heteroatoms. The van der Waals surface area contributed by atoms with Gasteiger partial charge in [-0.3, -0.25) is 0 Å². The van der Waals surface area contributed by atoms with E-state index < -0.39 is 15.8 Å². The fourth-order valence-electron chi connectivity index (χ4n) is 2.05. The molecule has 21 heavy (non-hydrogen) atoms. The molecule has 6 nitrogen and oxygen atoms in total. The quantitative estimate of drug-likeness (QED) is 0.857. The Hall–Kier alpha value is -0.860. The maximum Gasteiger partial charge on any atom is 0.244 e. The number of rotatable bonds is 6. The zero-order valence-electron chi connectivity index (χ0n) is 11.9. The Balaban J connectivity index is 2.06. The zero-order chi connectivity index (χ0) is 15.5. The molecule has 2 rings (SSSR count). The highest BCUT2D eigenvalue weighted by Gasteiger charge is 2.31. The molecule has 0 spiro atoms. The highest BCUT2D eigenvalue weighted by molar-refractivity contribution is 7.89. The standard InChI is InChI=1S/C13H18ClNO5S/c1-13(19-7-8-20-13)5-6-15-21(16,17)12-9-10(14)3-4-11(12)18-2/h3-4,9,15H,5-8H2,1-2H3. The summed E-state index contributed by atoms with van der Waals surface area (Å²) in [6.07, 6.45) is 0.412. The van der Waals surface area contributed by atoms with Crippen LogP contribution in [-0.4, -0.2) is 41.1 Å². The van der Waals surface area contributed by atoms with Gasteiger partial charge in [0.05, 0.1) is 20.3 Å². The van der Waals surface area contributed by atoms with E-state index in [-0.39, 0.29) is 17.2 Å². The minimum atomic E-state index is -3.71. The molecular formula is C13H18ClNO5S. The molecule has 1 aliphatic rings. The Morgan fingerprint density at radius 3 is 2.67 bits per heavy atom. The summed E-state index contributed by atoms with van der Waals surface area (Å²) < 4.78 is 43.0. The summed E-state index contributed by atoms with van der Waals surface area (Å²) in [6.45, 7) is 3.01. The Morgan fingerprint density at radius 1 is 1.38 bits per heavy atom. The number of benzene rings is 1. The second-order valence-electron chi connectivity index (χ2n) is 4.77. The first-order valence-corrected chi connectivity index (χ1v) is 8.33. The smallest absolute Gasteiger partial charge is 0.244 e. The van der Waals surface area contributed by atoms with E-state index in [4.69, 9.17) is 25.8 Å². The number of nitrogens with one attached hydrogen (secondary N) is 1. The van der Waals surface area contributed by atoms with Crippen LogP contribution in [0, 0.1) is 0 Å². The minimum Gasteiger partial charge on any atom is -0.495 e. The molecule has 0 aromatic heterocycles. The molecule has 0 amide bonds. The van der Waals surface area contributed by atoms with E-state index in [2.05, 4.69) is 4.72 Å². The molecule has 1 N–H and O–H groups in total. The van der Waals surface area contributed by atoms with Crippen molar-refractivity contribution in [2.75, 3.05) is 26.9 Å². The minimum absolute atomic E-state index is 0.0101. The van der Waals surface area contributed by atoms with Crippen LogP contribution in [0.3, 0.4) is 0 Å². The Kier molecular flexibility index (Phi) is 5.11. The summed E-state index contributed by atoms with van der Waals surface area (Å²) in [7, 11) is -2.31. The first-order valence-electron chi connectivity index (χ1n) is 6.47. The largest absolute Gasteiger partial charge is 0.495 e. The number of sulfonamides is 1. The maximum absolute atomic E-state index is 12.3. The third-order valence-electron chi connectivity index (χ3n) is 3.18. The van der Waals surface area contributed by atoms with Gasteiger partial charge in [0.1, 0.15) is 10.6 Å². The Bertz CT molecular complexity index is 599. The van der Waals surface area contributed by atoms with E-state index in [9.17, 15) is 8.42 Å². The summed E-state index contributed by atoms with van der Waals surface area (Å²) >= 11 is 5.85. The molecule has 0 saturated carbocycles. The SMILES string of the molecule is COc1ccc(Cl)cc1S(=O)(=O)NCCC1(C)OCCO1. The van der Waals surface area contributed by atoms with Gasteiger partial charge in [0.2, 0.25) is 10.0 Å². The third-order valence-corrected chi connectivity index (χ3v) is 4.90. The Morgan fingerprint density at radius 2 is 2.05 bits per heavy atom. The van der Waals surface area contributed by atoms with E-state index in [1.165, 1.54) is 19.2 Å². The molecule has 0 aliphatic carbocycles. The second-order valence-corrected chi connectivity index (χ2v) is 6.95. The van der Waals surface area contributed by atoms with Crippen LogP contribution in [0.4, 0.5) is 0 Å². The second kappa shape index (κ2) is 6.50. The molecule has 1 aromatic carbocycles. The van der Waals surface area contributed by atoms with Gasteiger partial charge in [-0.2, -0.15) is 0 Å². The van der Waals surface area contributed by atoms with E-state index in [0.29, 0.717) is 24.7 Å². The van der Waals surface area contributed by atoms with Crippen molar-refractivity contribution >= 4 is 21.6 Å². The Labute approximate surface area is 129 Å². The van der Waals surface area contributed by atoms with Crippen molar-refractivity contribution in [2.24, 2.45) is 0 Å². The monoisotopic (exact) mass is 335 g/mol. The molecule has 0 bridgehead atoms. The van der Waals surface area contributed by atoms with Gasteiger partial charge in [-0.25, -0.2) is 13.1 Å². The number of ether oxygens (including phenoxy) is 3. The average molecular weight is 336 g/mol. The average Bonchev–Trinajstić information content (AvgIpc) is 2.85. The van der Waals surface area contributed by atoms with Crippen LogP contribution in [0.5, 0.6) is 5.75 Å². The van der Waals surface area contributed by atoms with Crippen LogP contribution in [0.1, 0.15) is 13.3 Å². The lowest BCUT2D eigenvalue weighted by Crippen LogP contribution is -2.33. The van der Waals surface area contributed by atoms with E-state index in [1.807, 2.05) is 0 Å². The highest BCUT2D eigenvalue weighted by atomic mass is 35.5. The molecule has 0 radical (unpaired) electrons. The number of halogens is 1. The first-order chi connectivity index (χ1) is 9.86. The molecule has 1 aromatic rings. The maximum atomic E-state index is 12.3. The zero-order valence-corrected chi connectivity index (χ0v) is 13.5. The van der Waals surface area contributed by atoms with Crippen molar-refractivity contribution in [3.8, 4) is 5.75 Å². The van der Waals surface area contributed by atoms with Crippen molar-refractivity contribution in [1.29, 1.82) is 0 Å². The number of hydrogen-bond acceptors (Lipinski definition) is 5. The predicted molar refractivity (Wildman–Crippen MR) is 78.1 cm³/mol. The van der Waals surface area contributed by atoms with Crippen molar-refractivity contribution in [3.05, 3.63) is 23.2 Å². The topological polar surface area (TPSA) is 73.9 Å². The van der Waals surface area contributed by atoms with Gasteiger partial charge in [0, 0.05) is 18.0 Å². The van der Waals surface area contributed by atoms with Crippen molar-refractivity contribution in [3.63, 3.8) is 0 Å². The summed E-state index contributed by atoms with van der Waals surface area (Å²) in [5.74, 6) is -0.493. The van der Waals surface area contributed by atoms with Crippen molar-refractivity contribution in [2.45, 2.75) is 24.0 Å². The third kappa shape index (κ3) is 4.08. The number of methoxy groups -OCH3 is 1. The molecule has 1 saturated heterocycles. The van der Waals surface area contributed by atoms with Crippen LogP contribution >= 0.6 is 11.6 Å². The van der Waals surface area contributed by atoms with E-state index in [0.717, 1.165) is 0 Å². The summed E-state index contributed by atoms with van der Waals surface area (Å²) in [6, 6.07) is 4.44. The fourth-order valence-corrected chi connectivity index (χ4v) is 3.51. The molecule has 0 atom stereocenters. The molecular weight excluding hydrogens is 318 g/mol. The first kappa shape index (κ1) is 16.5. The molecule has 1 aliphatic heterocycles. The van der Waals surface area contributed by atoms with Crippen LogP contribution in [0.25, 0.3) is 0 Å². The van der Waals surface area contributed by atoms with Gasteiger partial charge in [-0.15, -0.1) is 0 Å². The molecule has 1 heterocycles. The van der Waals surface area contributed by atoms with Gasteiger partial charge < -0.3 is 14.2 Å². The molecule has 0 unspecified atom stereocenters. The van der Waals surface area contributed by atoms with E-state index >= 15 is 0 Å². The fraction of sp³-hybridized carbons (Fsp3) is 0.538. The normalized spacial score (nSPS) is 17.9. The lowest BCUT2D eigenvalue weighted by Gasteiger charge is -2.22. The van der Waals surface area contributed by atoms with Crippen LogP contribution in [0.2, 0.25) is 5.02 Å². The summed E-state index contributed by atoms with van der Waals surface area (Å²) in [5, 5.41) is 0.325.